The molecule has 2 heterocycles. The molecule has 2 aromatic rings. The molecule has 0 radical (unpaired) electrons. The van der Waals surface area contributed by atoms with Crippen molar-refractivity contribution in [2.75, 3.05) is 23.4 Å². The fourth-order valence-corrected chi connectivity index (χ4v) is 3.59. The highest BCUT2D eigenvalue weighted by molar-refractivity contribution is 7.14. The van der Waals surface area contributed by atoms with Crippen molar-refractivity contribution in [1.82, 2.24) is 0 Å². The van der Waals surface area contributed by atoms with E-state index in [0.717, 1.165) is 6.42 Å². The van der Waals surface area contributed by atoms with Crippen molar-refractivity contribution in [3.05, 3.63) is 45.8 Å². The van der Waals surface area contributed by atoms with Crippen LogP contribution in [-0.4, -0.2) is 30.9 Å². The third kappa shape index (κ3) is 4.27. The van der Waals surface area contributed by atoms with Gasteiger partial charge in [0.05, 0.1) is 21.8 Å². The summed E-state index contributed by atoms with van der Waals surface area (Å²) >= 11 is 7.35. The summed E-state index contributed by atoms with van der Waals surface area (Å²) in [6, 6.07) is 8.02. The van der Waals surface area contributed by atoms with E-state index >= 15 is 0 Å². The van der Waals surface area contributed by atoms with Crippen LogP contribution >= 0.6 is 22.9 Å². The summed E-state index contributed by atoms with van der Waals surface area (Å²) < 4.78 is 5.02. The molecule has 1 aromatic carbocycles. The number of thiophene rings is 1. The Morgan fingerprint density at radius 2 is 2.19 bits per heavy atom. The number of carbonyl (C=O) groups excluding carboxylic acids is 3. The topological polar surface area (TPSA) is 99.5 Å². The summed E-state index contributed by atoms with van der Waals surface area (Å²) in [4.78, 5) is 37.6. The zero-order valence-corrected chi connectivity index (χ0v) is 15.6. The van der Waals surface area contributed by atoms with Gasteiger partial charge < -0.3 is 15.0 Å². The lowest BCUT2D eigenvalue weighted by Crippen LogP contribution is -2.24. The highest BCUT2D eigenvalue weighted by Gasteiger charge is 2.25. The number of rotatable bonds is 5. The molecule has 0 bridgehead atoms. The monoisotopic (exact) mass is 403 g/mol. The van der Waals surface area contributed by atoms with Crippen molar-refractivity contribution in [3.63, 3.8) is 0 Å². The highest BCUT2D eigenvalue weighted by atomic mass is 35.5. The largest absolute Gasteiger partial charge is 0.452 e. The minimum absolute atomic E-state index is 0.0500. The highest BCUT2D eigenvalue weighted by Crippen LogP contribution is 2.30. The molecular formula is C18H14ClN3O4S. The fourth-order valence-electron chi connectivity index (χ4n) is 2.62. The predicted octanol–water partition coefficient (Wildman–Crippen LogP) is 3.20. The van der Waals surface area contributed by atoms with Crippen molar-refractivity contribution in [3.8, 4) is 6.07 Å². The van der Waals surface area contributed by atoms with Gasteiger partial charge in [0, 0.05) is 13.0 Å². The van der Waals surface area contributed by atoms with Crippen LogP contribution in [0.4, 0.5) is 10.7 Å². The smallest absolute Gasteiger partial charge is 0.338 e. The van der Waals surface area contributed by atoms with E-state index < -0.39 is 18.5 Å². The number of nitriles is 1. The molecule has 7 nitrogen and oxygen atoms in total. The van der Waals surface area contributed by atoms with E-state index in [1.165, 1.54) is 34.4 Å². The number of ether oxygens (including phenoxy) is 1. The number of nitrogens with zero attached hydrogens (tertiary/aromatic N) is 2. The number of halogens is 1. The third-order valence-electron chi connectivity index (χ3n) is 3.92. The van der Waals surface area contributed by atoms with E-state index in [9.17, 15) is 14.4 Å². The van der Waals surface area contributed by atoms with Crippen LogP contribution in [0, 0.1) is 11.3 Å². The van der Waals surface area contributed by atoms with E-state index in [1.807, 2.05) is 6.07 Å². The van der Waals surface area contributed by atoms with Gasteiger partial charge in [-0.2, -0.15) is 5.26 Å². The van der Waals surface area contributed by atoms with E-state index in [2.05, 4.69) is 5.32 Å². The van der Waals surface area contributed by atoms with Crippen LogP contribution in [0.15, 0.2) is 29.6 Å². The third-order valence-corrected chi connectivity index (χ3v) is 5.07. The van der Waals surface area contributed by atoms with E-state index in [-0.39, 0.29) is 11.5 Å². The Labute approximate surface area is 164 Å². The lowest BCUT2D eigenvalue weighted by atomic mass is 10.2. The van der Waals surface area contributed by atoms with Crippen molar-refractivity contribution < 1.29 is 19.1 Å². The molecule has 2 amide bonds. The SMILES string of the molecule is N#Cc1ccsc1NC(=O)COC(=O)c1ccc(Cl)c(N2CCCC2=O)c1. The van der Waals surface area contributed by atoms with Gasteiger partial charge in [0.2, 0.25) is 5.91 Å². The molecule has 9 heteroatoms. The second-order valence-electron chi connectivity index (χ2n) is 5.71. The van der Waals surface area contributed by atoms with Gasteiger partial charge in [-0.15, -0.1) is 11.3 Å². The summed E-state index contributed by atoms with van der Waals surface area (Å²) in [6.45, 7) is 0.0453. The fraction of sp³-hybridized carbons (Fsp3) is 0.222. The van der Waals surface area contributed by atoms with Crippen LogP contribution in [-0.2, 0) is 14.3 Å². The van der Waals surface area contributed by atoms with Crippen LogP contribution in [0.2, 0.25) is 5.02 Å². The quantitative estimate of drug-likeness (QED) is 0.773. The molecule has 1 aromatic heterocycles. The lowest BCUT2D eigenvalue weighted by molar-refractivity contribution is -0.119. The van der Waals surface area contributed by atoms with Crippen LogP contribution < -0.4 is 10.2 Å². The van der Waals surface area contributed by atoms with E-state index in [1.54, 1.807) is 11.4 Å². The molecule has 138 valence electrons. The van der Waals surface area contributed by atoms with Crippen LogP contribution in [0.25, 0.3) is 0 Å². The molecule has 1 fully saturated rings. The second-order valence-corrected chi connectivity index (χ2v) is 7.04. The van der Waals surface area contributed by atoms with Crippen LogP contribution in [0.5, 0.6) is 0 Å². The number of esters is 1. The first-order valence-corrected chi connectivity index (χ1v) is 9.30. The number of anilines is 2. The van der Waals surface area contributed by atoms with Gasteiger partial charge >= 0.3 is 5.97 Å². The lowest BCUT2D eigenvalue weighted by Gasteiger charge is -2.18. The summed E-state index contributed by atoms with van der Waals surface area (Å²) in [5.41, 5.74) is 0.989. The molecule has 1 N–H and O–H groups in total. The Kier molecular flexibility index (Phi) is 5.74. The molecule has 0 atom stereocenters. The number of hydrogen-bond donors (Lipinski definition) is 1. The second kappa shape index (κ2) is 8.20. The Morgan fingerprint density at radius 3 is 2.89 bits per heavy atom. The normalized spacial score (nSPS) is 13.3. The van der Waals surface area contributed by atoms with Crippen LogP contribution in [0.3, 0.4) is 0 Å². The first kappa shape index (κ1) is 18.9. The molecule has 0 aliphatic carbocycles. The maximum atomic E-state index is 12.2. The first-order chi connectivity index (χ1) is 13.0. The van der Waals surface area contributed by atoms with Gasteiger partial charge in [0.1, 0.15) is 11.1 Å². The Balaban J connectivity index is 1.63. The zero-order chi connectivity index (χ0) is 19.4. The average Bonchev–Trinajstić information content (AvgIpc) is 3.28. The molecule has 1 saturated heterocycles. The number of hydrogen-bond acceptors (Lipinski definition) is 6. The first-order valence-electron chi connectivity index (χ1n) is 8.04. The molecular weight excluding hydrogens is 390 g/mol. The Hall–Kier alpha value is -2.89. The summed E-state index contributed by atoms with van der Waals surface area (Å²) in [5.74, 6) is -1.31. The van der Waals surface area contributed by atoms with E-state index in [0.29, 0.717) is 34.2 Å². The predicted molar refractivity (Wildman–Crippen MR) is 101 cm³/mol. The number of nitrogens with one attached hydrogen (secondary N) is 1. The average molecular weight is 404 g/mol. The minimum atomic E-state index is -0.707. The van der Waals surface area contributed by atoms with Gasteiger partial charge in [-0.3, -0.25) is 9.59 Å². The molecule has 3 rings (SSSR count). The van der Waals surface area contributed by atoms with Crippen LogP contribution in [0.1, 0.15) is 28.8 Å². The number of benzene rings is 1. The zero-order valence-electron chi connectivity index (χ0n) is 14.0. The summed E-state index contributed by atoms with van der Waals surface area (Å²) in [7, 11) is 0. The van der Waals surface area contributed by atoms with Gasteiger partial charge in [-0.25, -0.2) is 4.79 Å². The maximum Gasteiger partial charge on any atom is 0.338 e. The standard InChI is InChI=1S/C18H14ClN3O4S/c19-13-4-3-11(8-14(13)22-6-1-2-16(22)24)18(25)26-10-15(23)21-17-12(9-20)5-7-27-17/h3-5,7-8H,1-2,6,10H2,(H,21,23). The summed E-state index contributed by atoms with van der Waals surface area (Å²) in [5, 5.41) is 13.9. The molecule has 0 spiro atoms. The van der Waals surface area contributed by atoms with E-state index in [4.69, 9.17) is 21.6 Å². The van der Waals surface area contributed by atoms with Gasteiger partial charge in [-0.1, -0.05) is 11.6 Å². The Bertz CT molecular complexity index is 950. The number of amides is 2. The van der Waals surface area contributed by atoms with Gasteiger partial charge in [0.25, 0.3) is 5.91 Å². The van der Waals surface area contributed by atoms with Crippen molar-refractivity contribution in [1.29, 1.82) is 5.26 Å². The molecule has 27 heavy (non-hydrogen) atoms. The van der Waals surface area contributed by atoms with Crippen molar-refractivity contribution in [2.45, 2.75) is 12.8 Å². The molecule has 0 unspecified atom stereocenters. The molecule has 1 aliphatic heterocycles. The number of carbonyl (C=O) groups is 3. The van der Waals surface area contributed by atoms with Gasteiger partial charge in [-0.05, 0) is 36.1 Å². The molecule has 0 saturated carbocycles. The van der Waals surface area contributed by atoms with Gasteiger partial charge in [0.15, 0.2) is 6.61 Å². The van der Waals surface area contributed by atoms with Crippen molar-refractivity contribution >= 4 is 51.4 Å². The summed E-state index contributed by atoms with van der Waals surface area (Å²) in [6.07, 6.45) is 1.18. The van der Waals surface area contributed by atoms with Crippen molar-refractivity contribution in [2.24, 2.45) is 0 Å². The molecule has 1 aliphatic rings. The minimum Gasteiger partial charge on any atom is -0.452 e. The Morgan fingerprint density at radius 1 is 1.37 bits per heavy atom. The maximum absolute atomic E-state index is 12.2.